The molecule has 3 atom stereocenters. The first-order valence-electron chi connectivity index (χ1n) is 9.94. The molecule has 0 unspecified atom stereocenters. The number of carbonyl (C=O) groups is 1. The van der Waals surface area contributed by atoms with Crippen LogP contribution >= 0.6 is 0 Å². The molecule has 0 radical (unpaired) electrons. The Morgan fingerprint density at radius 3 is 2.77 bits per heavy atom. The van der Waals surface area contributed by atoms with Crippen LogP contribution in [0.3, 0.4) is 0 Å². The molecule has 1 amide bonds. The molecule has 0 aliphatic heterocycles. The molecule has 0 saturated heterocycles. The molecule has 0 bridgehead atoms. The number of amides is 1. The van der Waals surface area contributed by atoms with Crippen LogP contribution in [0.25, 0.3) is 0 Å². The summed E-state index contributed by atoms with van der Waals surface area (Å²) in [6.07, 6.45) is 8.77. The number of nitrogens with zero attached hydrogens (tertiary/aromatic N) is 1. The predicted octanol–water partition coefficient (Wildman–Crippen LogP) is 1.21. The molecule has 26 heavy (non-hydrogen) atoms. The van der Waals surface area contributed by atoms with E-state index in [-0.39, 0.29) is 36.2 Å². The Labute approximate surface area is 153 Å². The van der Waals surface area contributed by atoms with Crippen LogP contribution in [0.15, 0.2) is 4.79 Å². The van der Waals surface area contributed by atoms with Gasteiger partial charge in [0.25, 0.3) is 0 Å². The summed E-state index contributed by atoms with van der Waals surface area (Å²) < 4.78 is 6.07. The SMILES string of the molecule is CCCO[C@@H]1CC[C@H](C(=O)NCc2n[nH]c(=O)[nH]2)C[C@H]1NC1CCCC1. The summed E-state index contributed by atoms with van der Waals surface area (Å²) in [6.45, 7) is 3.14. The average Bonchev–Trinajstić information content (AvgIpc) is 3.30. The molecule has 4 N–H and O–H groups in total. The third-order valence-electron chi connectivity index (χ3n) is 5.48. The van der Waals surface area contributed by atoms with E-state index in [0.717, 1.165) is 32.3 Å². The van der Waals surface area contributed by atoms with Crippen molar-refractivity contribution in [2.75, 3.05) is 6.61 Å². The van der Waals surface area contributed by atoms with Gasteiger partial charge in [0.05, 0.1) is 12.6 Å². The molecule has 8 heteroatoms. The molecule has 3 rings (SSSR count). The van der Waals surface area contributed by atoms with E-state index in [1.165, 1.54) is 25.7 Å². The molecule has 2 aliphatic rings. The average molecular weight is 365 g/mol. The van der Waals surface area contributed by atoms with Gasteiger partial charge >= 0.3 is 5.69 Å². The minimum atomic E-state index is -0.358. The van der Waals surface area contributed by atoms with E-state index in [1.807, 2.05) is 0 Å². The Kier molecular flexibility index (Phi) is 6.85. The lowest BCUT2D eigenvalue weighted by molar-refractivity contribution is -0.128. The van der Waals surface area contributed by atoms with Gasteiger partial charge < -0.3 is 15.4 Å². The zero-order valence-corrected chi connectivity index (χ0v) is 15.6. The van der Waals surface area contributed by atoms with Crippen molar-refractivity contribution in [3.63, 3.8) is 0 Å². The second-order valence-electron chi connectivity index (χ2n) is 7.52. The van der Waals surface area contributed by atoms with Gasteiger partial charge in [0.1, 0.15) is 5.82 Å². The molecule has 146 valence electrons. The van der Waals surface area contributed by atoms with E-state index < -0.39 is 0 Å². The molecule has 2 saturated carbocycles. The Balaban J connectivity index is 1.54. The zero-order valence-electron chi connectivity index (χ0n) is 15.6. The molecule has 1 aromatic rings. The second-order valence-corrected chi connectivity index (χ2v) is 7.52. The van der Waals surface area contributed by atoms with E-state index in [4.69, 9.17) is 4.74 Å². The van der Waals surface area contributed by atoms with E-state index in [1.54, 1.807) is 0 Å². The van der Waals surface area contributed by atoms with Crippen LogP contribution in [0.4, 0.5) is 0 Å². The maximum atomic E-state index is 12.6. The third kappa shape index (κ3) is 5.17. The van der Waals surface area contributed by atoms with Crippen molar-refractivity contribution in [1.82, 2.24) is 25.8 Å². The first kappa shape index (κ1) is 19.1. The van der Waals surface area contributed by atoms with Crippen molar-refractivity contribution in [1.29, 1.82) is 0 Å². The topological polar surface area (TPSA) is 112 Å². The number of hydrogen-bond donors (Lipinski definition) is 4. The molecular weight excluding hydrogens is 334 g/mol. The number of H-pyrrole nitrogens is 2. The van der Waals surface area contributed by atoms with Crippen molar-refractivity contribution in [3.05, 3.63) is 16.3 Å². The molecular formula is C18H31N5O3. The van der Waals surface area contributed by atoms with Crippen molar-refractivity contribution < 1.29 is 9.53 Å². The number of carbonyl (C=O) groups excluding carboxylic acids is 1. The summed E-state index contributed by atoms with van der Waals surface area (Å²) in [6, 6.07) is 0.794. The van der Waals surface area contributed by atoms with E-state index in [0.29, 0.717) is 11.9 Å². The lowest BCUT2D eigenvalue weighted by atomic mass is 9.82. The minimum Gasteiger partial charge on any atom is -0.377 e. The summed E-state index contributed by atoms with van der Waals surface area (Å²) >= 11 is 0. The predicted molar refractivity (Wildman–Crippen MR) is 97.6 cm³/mol. The molecule has 2 aliphatic carbocycles. The number of rotatable bonds is 8. The van der Waals surface area contributed by atoms with Gasteiger partial charge in [0.15, 0.2) is 0 Å². The highest BCUT2D eigenvalue weighted by Crippen LogP contribution is 2.29. The van der Waals surface area contributed by atoms with Crippen molar-refractivity contribution in [2.45, 2.75) is 83.0 Å². The lowest BCUT2D eigenvalue weighted by Crippen LogP contribution is -2.51. The number of ether oxygens (including phenoxy) is 1. The van der Waals surface area contributed by atoms with Gasteiger partial charge in [-0.25, -0.2) is 9.89 Å². The Hall–Kier alpha value is -1.67. The largest absolute Gasteiger partial charge is 0.377 e. The van der Waals surface area contributed by atoms with Gasteiger partial charge in [-0.3, -0.25) is 9.78 Å². The summed E-state index contributed by atoms with van der Waals surface area (Å²) in [5, 5.41) is 12.8. The Morgan fingerprint density at radius 1 is 1.27 bits per heavy atom. The second kappa shape index (κ2) is 9.32. The first-order chi connectivity index (χ1) is 12.7. The molecule has 1 aromatic heterocycles. The van der Waals surface area contributed by atoms with Crippen LogP contribution in [0.2, 0.25) is 0 Å². The molecule has 0 spiro atoms. The summed E-state index contributed by atoms with van der Waals surface area (Å²) in [5.41, 5.74) is -0.358. The van der Waals surface area contributed by atoms with Crippen LogP contribution in [0, 0.1) is 5.92 Å². The monoisotopic (exact) mass is 365 g/mol. The third-order valence-corrected chi connectivity index (χ3v) is 5.48. The van der Waals surface area contributed by atoms with E-state index >= 15 is 0 Å². The minimum absolute atomic E-state index is 0.0268. The highest BCUT2D eigenvalue weighted by molar-refractivity contribution is 5.78. The van der Waals surface area contributed by atoms with Crippen molar-refractivity contribution in [3.8, 4) is 0 Å². The lowest BCUT2D eigenvalue weighted by Gasteiger charge is -2.37. The number of hydrogen-bond acceptors (Lipinski definition) is 5. The van der Waals surface area contributed by atoms with E-state index in [2.05, 4.69) is 32.7 Å². The Bertz CT molecular complexity index is 622. The molecule has 8 nitrogen and oxygen atoms in total. The fraction of sp³-hybridized carbons (Fsp3) is 0.833. The van der Waals surface area contributed by atoms with E-state index in [9.17, 15) is 9.59 Å². The number of aromatic nitrogens is 3. The van der Waals surface area contributed by atoms with Crippen LogP contribution in [0.1, 0.15) is 64.1 Å². The maximum absolute atomic E-state index is 12.6. The van der Waals surface area contributed by atoms with Gasteiger partial charge in [0, 0.05) is 24.6 Å². The standard InChI is InChI=1S/C18H31N5O3/c1-2-9-26-15-8-7-12(10-14(15)20-13-5-3-4-6-13)17(24)19-11-16-21-18(25)23-22-16/h12-15,20H,2-11H2,1H3,(H,19,24)(H2,21,22,23,25)/t12-,14+,15+/m0/s1. The molecule has 0 aromatic carbocycles. The normalized spacial score (nSPS) is 26.9. The fourth-order valence-electron chi connectivity index (χ4n) is 4.12. The smallest absolute Gasteiger partial charge is 0.340 e. The zero-order chi connectivity index (χ0) is 18.4. The van der Waals surface area contributed by atoms with Gasteiger partial charge in [-0.15, -0.1) is 0 Å². The fourth-order valence-corrected chi connectivity index (χ4v) is 4.12. The van der Waals surface area contributed by atoms with Gasteiger partial charge in [-0.05, 0) is 38.5 Å². The highest BCUT2D eigenvalue weighted by atomic mass is 16.5. The molecule has 2 fully saturated rings. The maximum Gasteiger partial charge on any atom is 0.340 e. The number of nitrogens with one attached hydrogen (secondary N) is 4. The van der Waals surface area contributed by atoms with Gasteiger partial charge in [0.2, 0.25) is 5.91 Å². The molecule has 1 heterocycles. The van der Waals surface area contributed by atoms with Crippen molar-refractivity contribution >= 4 is 5.91 Å². The van der Waals surface area contributed by atoms with Crippen LogP contribution < -0.4 is 16.3 Å². The highest BCUT2D eigenvalue weighted by Gasteiger charge is 2.35. The van der Waals surface area contributed by atoms with Gasteiger partial charge in [-0.2, -0.15) is 5.10 Å². The summed E-state index contributed by atoms with van der Waals surface area (Å²) in [4.78, 5) is 26.2. The Morgan fingerprint density at radius 2 is 2.08 bits per heavy atom. The van der Waals surface area contributed by atoms with Crippen LogP contribution in [-0.4, -0.2) is 45.9 Å². The van der Waals surface area contributed by atoms with Crippen LogP contribution in [-0.2, 0) is 16.1 Å². The van der Waals surface area contributed by atoms with Crippen LogP contribution in [0.5, 0.6) is 0 Å². The first-order valence-corrected chi connectivity index (χ1v) is 9.94. The summed E-state index contributed by atoms with van der Waals surface area (Å²) in [5.74, 6) is 0.450. The summed E-state index contributed by atoms with van der Waals surface area (Å²) in [7, 11) is 0. The van der Waals surface area contributed by atoms with Gasteiger partial charge in [-0.1, -0.05) is 19.8 Å². The quantitative estimate of drug-likeness (QED) is 0.553. The number of aromatic amines is 2. The van der Waals surface area contributed by atoms with Crippen molar-refractivity contribution in [2.24, 2.45) is 5.92 Å².